The average molecular weight is 512 g/mol. The van der Waals surface area contributed by atoms with Crippen molar-refractivity contribution in [2.75, 3.05) is 18.5 Å². The number of allylic oxidation sites excluding steroid dienone is 2. The van der Waals surface area contributed by atoms with Gasteiger partial charge in [-0.05, 0) is 65.9 Å². The lowest BCUT2D eigenvalue weighted by Crippen LogP contribution is -2.23. The first-order chi connectivity index (χ1) is 16.0. The Bertz CT molecular complexity index is 1380. The van der Waals surface area contributed by atoms with E-state index in [2.05, 4.69) is 53.2 Å². The van der Waals surface area contributed by atoms with Gasteiger partial charge in [0.25, 0.3) is 5.91 Å². The molecule has 0 spiro atoms. The largest absolute Gasteiger partial charge is 0.335 e. The fourth-order valence-corrected chi connectivity index (χ4v) is 6.24. The quantitative estimate of drug-likeness (QED) is 0.337. The molecule has 0 unspecified atom stereocenters. The molecule has 5 rings (SSSR count). The van der Waals surface area contributed by atoms with Gasteiger partial charge in [-0.25, -0.2) is 4.99 Å². The number of nitrogens with zero attached hydrogens (tertiary/aromatic N) is 3. The van der Waals surface area contributed by atoms with Gasteiger partial charge in [-0.15, -0.1) is 0 Å². The van der Waals surface area contributed by atoms with Gasteiger partial charge in [0.1, 0.15) is 0 Å². The Balaban J connectivity index is 1.44. The summed E-state index contributed by atoms with van der Waals surface area (Å²) in [4.78, 5) is 23.1. The number of likely N-dealkylation sites (N-methyl/N-ethyl adjacent to an activating group) is 1. The number of rotatable bonds is 3. The van der Waals surface area contributed by atoms with Crippen LogP contribution in [0.15, 0.2) is 86.6 Å². The Morgan fingerprint density at radius 1 is 1.00 bits per heavy atom. The number of carbonyl (C=O) groups is 1. The van der Waals surface area contributed by atoms with Gasteiger partial charge < -0.3 is 4.90 Å². The number of hydrogen-bond donors (Lipinski definition) is 0. The van der Waals surface area contributed by atoms with E-state index in [1.165, 1.54) is 33.1 Å². The van der Waals surface area contributed by atoms with Gasteiger partial charge in [0.2, 0.25) is 0 Å². The zero-order valence-electron chi connectivity index (χ0n) is 17.9. The minimum Gasteiger partial charge on any atom is -0.335 e. The number of hydrogen-bond acceptors (Lipinski definition) is 5. The third-order valence-electron chi connectivity index (χ3n) is 5.45. The summed E-state index contributed by atoms with van der Waals surface area (Å²) in [5.41, 5.74) is 1.85. The zero-order valence-corrected chi connectivity index (χ0v) is 21.0. The van der Waals surface area contributed by atoms with Crippen LogP contribution in [-0.4, -0.2) is 29.6 Å². The maximum Gasteiger partial charge on any atom is 0.266 e. The molecular weight excluding hydrogens is 493 g/mol. The molecule has 2 heterocycles. The Hall–Kier alpha value is -2.38. The van der Waals surface area contributed by atoms with Crippen molar-refractivity contribution < 1.29 is 4.79 Å². The van der Waals surface area contributed by atoms with E-state index in [0.29, 0.717) is 25.8 Å². The first-order valence-electron chi connectivity index (χ1n) is 10.3. The number of amidine groups is 1. The summed E-state index contributed by atoms with van der Waals surface area (Å²) in [5.74, 6) is -0.0790. The topological polar surface area (TPSA) is 35.9 Å². The van der Waals surface area contributed by atoms with Crippen LogP contribution in [0.3, 0.4) is 0 Å². The van der Waals surface area contributed by atoms with Crippen LogP contribution in [0.4, 0.5) is 11.4 Å². The summed E-state index contributed by atoms with van der Waals surface area (Å²) in [6, 6.07) is 17.9. The van der Waals surface area contributed by atoms with Gasteiger partial charge in [-0.2, -0.15) is 0 Å². The zero-order chi connectivity index (χ0) is 23.1. The number of carbonyl (C=O) groups excluding carboxylic acids is 1. The van der Waals surface area contributed by atoms with E-state index in [0.717, 1.165) is 11.6 Å². The number of anilines is 1. The lowest BCUT2D eigenvalue weighted by Gasteiger charge is -2.17. The first-order valence-corrected chi connectivity index (χ1v) is 12.7. The molecule has 8 heteroatoms. The summed E-state index contributed by atoms with van der Waals surface area (Å²) < 4.78 is 0. The van der Waals surface area contributed by atoms with Crippen molar-refractivity contribution in [3.8, 4) is 0 Å². The van der Waals surface area contributed by atoms with E-state index >= 15 is 0 Å². The molecule has 0 bridgehead atoms. The van der Waals surface area contributed by atoms with Gasteiger partial charge >= 0.3 is 0 Å². The molecule has 1 saturated heterocycles. The monoisotopic (exact) mass is 511 g/mol. The molecule has 33 heavy (non-hydrogen) atoms. The van der Waals surface area contributed by atoms with Crippen LogP contribution < -0.4 is 4.90 Å². The standard InChI is InChI=1S/C25H19Cl2N3OS2/c1-3-30-20-11-8-15-6-4-5-7-17(15)23(20)33-22(30)13-12-21-24(31)29(2)25(32-21)28-16-9-10-18(26)19(27)14-16/h4-14H,3H2,1-2H3/b21-12+,22-13-,28-25?. The Morgan fingerprint density at radius 2 is 1.82 bits per heavy atom. The van der Waals surface area contributed by atoms with E-state index in [9.17, 15) is 4.79 Å². The lowest BCUT2D eigenvalue weighted by atomic mass is 10.1. The normalized spacial score (nSPS) is 19.5. The smallest absolute Gasteiger partial charge is 0.266 e. The predicted octanol–water partition coefficient (Wildman–Crippen LogP) is 7.70. The van der Waals surface area contributed by atoms with Crippen LogP contribution in [-0.2, 0) is 4.79 Å². The molecule has 0 saturated carbocycles. The molecule has 0 aliphatic carbocycles. The van der Waals surface area contributed by atoms with Crippen LogP contribution in [0.2, 0.25) is 10.0 Å². The maximum atomic E-state index is 12.8. The molecule has 0 aromatic heterocycles. The molecule has 0 radical (unpaired) electrons. The number of halogens is 2. The second-order valence-electron chi connectivity index (χ2n) is 7.48. The van der Waals surface area contributed by atoms with Gasteiger partial charge in [0, 0.05) is 18.5 Å². The second kappa shape index (κ2) is 9.11. The molecular formula is C25H19Cl2N3OS2. The molecule has 166 valence electrons. The molecule has 3 aromatic rings. The Kier molecular flexibility index (Phi) is 6.18. The van der Waals surface area contributed by atoms with Crippen molar-refractivity contribution >= 4 is 79.9 Å². The van der Waals surface area contributed by atoms with Gasteiger partial charge in [0.05, 0.1) is 31.4 Å². The highest BCUT2D eigenvalue weighted by Crippen LogP contribution is 2.49. The summed E-state index contributed by atoms with van der Waals surface area (Å²) in [6.07, 6.45) is 3.92. The highest BCUT2D eigenvalue weighted by molar-refractivity contribution is 8.18. The van der Waals surface area contributed by atoms with Gasteiger partial charge in [-0.1, -0.05) is 65.3 Å². The van der Waals surface area contributed by atoms with Crippen molar-refractivity contribution in [1.29, 1.82) is 0 Å². The molecule has 4 nitrogen and oxygen atoms in total. The minimum atomic E-state index is -0.0790. The second-order valence-corrected chi connectivity index (χ2v) is 10.3. The number of amides is 1. The van der Waals surface area contributed by atoms with Crippen molar-refractivity contribution in [2.45, 2.75) is 11.8 Å². The fourth-order valence-electron chi connectivity index (χ4n) is 3.76. The summed E-state index contributed by atoms with van der Waals surface area (Å²) in [5, 5.41) is 5.08. The summed E-state index contributed by atoms with van der Waals surface area (Å²) in [6.45, 7) is 2.98. The van der Waals surface area contributed by atoms with E-state index in [1.807, 2.05) is 12.2 Å². The molecule has 0 atom stereocenters. The van der Waals surface area contributed by atoms with Gasteiger partial charge in [0.15, 0.2) is 5.17 Å². The van der Waals surface area contributed by atoms with E-state index in [1.54, 1.807) is 41.9 Å². The highest BCUT2D eigenvalue weighted by Gasteiger charge is 2.31. The third kappa shape index (κ3) is 4.17. The maximum absolute atomic E-state index is 12.8. The van der Waals surface area contributed by atoms with Crippen molar-refractivity contribution in [1.82, 2.24) is 4.90 Å². The third-order valence-corrected chi connectivity index (χ3v) is 8.46. The van der Waals surface area contributed by atoms with Crippen molar-refractivity contribution in [3.63, 3.8) is 0 Å². The minimum absolute atomic E-state index is 0.0790. The van der Waals surface area contributed by atoms with Crippen LogP contribution in [0.5, 0.6) is 0 Å². The summed E-state index contributed by atoms with van der Waals surface area (Å²) in [7, 11) is 1.73. The molecule has 1 amide bonds. The number of thioether (sulfide) groups is 2. The van der Waals surface area contributed by atoms with Crippen LogP contribution in [0, 0.1) is 0 Å². The summed E-state index contributed by atoms with van der Waals surface area (Å²) >= 11 is 15.2. The highest BCUT2D eigenvalue weighted by atomic mass is 35.5. The van der Waals surface area contributed by atoms with Crippen LogP contribution in [0.1, 0.15) is 6.92 Å². The van der Waals surface area contributed by atoms with Crippen molar-refractivity contribution in [2.24, 2.45) is 4.99 Å². The molecule has 3 aromatic carbocycles. The number of benzene rings is 3. The number of fused-ring (bicyclic) bond motifs is 3. The van der Waals surface area contributed by atoms with Crippen LogP contribution >= 0.6 is 46.7 Å². The van der Waals surface area contributed by atoms with E-state index in [4.69, 9.17) is 23.2 Å². The van der Waals surface area contributed by atoms with Crippen molar-refractivity contribution in [3.05, 3.63) is 86.7 Å². The first kappa shape index (κ1) is 22.4. The molecule has 0 N–H and O–H groups in total. The number of aliphatic imine (C=N–C) groups is 1. The lowest BCUT2D eigenvalue weighted by molar-refractivity contribution is -0.121. The van der Waals surface area contributed by atoms with E-state index < -0.39 is 0 Å². The van der Waals surface area contributed by atoms with Crippen LogP contribution in [0.25, 0.3) is 10.8 Å². The Morgan fingerprint density at radius 3 is 2.61 bits per heavy atom. The predicted molar refractivity (Wildman–Crippen MR) is 143 cm³/mol. The molecule has 2 aliphatic rings. The van der Waals surface area contributed by atoms with Gasteiger partial charge in [-0.3, -0.25) is 9.69 Å². The average Bonchev–Trinajstić information content (AvgIpc) is 3.32. The molecule has 1 fully saturated rings. The molecule has 2 aliphatic heterocycles. The Labute approximate surface area is 210 Å². The fraction of sp³-hybridized carbons (Fsp3) is 0.120. The SMILES string of the molecule is CCN1/C(=C/C=C2/SC(=Nc3ccc(Cl)c(Cl)c3)N(C)C2=O)Sc2c1ccc1ccccc21. The van der Waals surface area contributed by atoms with E-state index in [-0.39, 0.29) is 5.91 Å².